The molecule has 0 bridgehead atoms. The molecule has 1 aliphatic rings. The monoisotopic (exact) mass is 174 g/mol. The van der Waals surface area contributed by atoms with Gasteiger partial charge in [0.1, 0.15) is 5.84 Å². The topological polar surface area (TPSA) is 53.0 Å². The van der Waals surface area contributed by atoms with E-state index in [0.29, 0.717) is 11.1 Å². The second-order valence-electron chi connectivity index (χ2n) is 3.31. The molecule has 1 heterocycles. The van der Waals surface area contributed by atoms with E-state index < -0.39 is 0 Å². The third kappa shape index (κ3) is 1.04. The van der Waals surface area contributed by atoms with E-state index in [4.69, 9.17) is 5.41 Å². The molecule has 3 heteroatoms. The van der Waals surface area contributed by atoms with E-state index in [1.807, 2.05) is 26.0 Å². The molecule has 3 nitrogen and oxygen atoms in total. The predicted molar refractivity (Wildman–Crippen MR) is 50.2 cm³/mol. The summed E-state index contributed by atoms with van der Waals surface area (Å²) in [7, 11) is 0. The third-order valence-electron chi connectivity index (χ3n) is 2.39. The summed E-state index contributed by atoms with van der Waals surface area (Å²) >= 11 is 0. The van der Waals surface area contributed by atoms with Crippen LogP contribution >= 0.6 is 0 Å². The van der Waals surface area contributed by atoms with E-state index in [-0.39, 0.29) is 11.7 Å². The number of rotatable bonds is 0. The van der Waals surface area contributed by atoms with E-state index in [1.165, 1.54) is 0 Å². The number of hydrogen-bond acceptors (Lipinski definition) is 2. The predicted octanol–water partition coefficient (Wildman–Crippen LogP) is 1.37. The molecule has 0 aliphatic carbocycles. The molecule has 0 unspecified atom stereocenters. The van der Waals surface area contributed by atoms with E-state index in [1.54, 1.807) is 0 Å². The Morgan fingerprint density at radius 3 is 2.31 bits per heavy atom. The third-order valence-corrected chi connectivity index (χ3v) is 2.39. The second kappa shape index (κ2) is 2.42. The van der Waals surface area contributed by atoms with Gasteiger partial charge in [0.2, 0.25) is 0 Å². The second-order valence-corrected chi connectivity index (χ2v) is 3.31. The minimum atomic E-state index is -0.164. The number of carbonyl (C=O) groups excluding carboxylic acids is 1. The van der Waals surface area contributed by atoms with Crippen LogP contribution in [0.4, 0.5) is 0 Å². The lowest BCUT2D eigenvalue weighted by Gasteiger charge is -2.01. The summed E-state index contributed by atoms with van der Waals surface area (Å²) < 4.78 is 0. The first-order valence-corrected chi connectivity index (χ1v) is 4.11. The number of amidine groups is 1. The van der Waals surface area contributed by atoms with Crippen LogP contribution in [0.15, 0.2) is 12.1 Å². The largest absolute Gasteiger partial charge is 0.306 e. The molecule has 0 saturated heterocycles. The molecule has 13 heavy (non-hydrogen) atoms. The van der Waals surface area contributed by atoms with Crippen LogP contribution < -0.4 is 5.32 Å². The Morgan fingerprint density at radius 2 is 1.69 bits per heavy atom. The fourth-order valence-electron chi connectivity index (χ4n) is 1.46. The van der Waals surface area contributed by atoms with Crippen molar-refractivity contribution >= 4 is 11.7 Å². The Kier molecular flexibility index (Phi) is 1.49. The molecule has 2 rings (SSSR count). The molecule has 0 atom stereocenters. The maximum absolute atomic E-state index is 11.3. The van der Waals surface area contributed by atoms with Crippen LogP contribution in [0, 0.1) is 19.3 Å². The van der Waals surface area contributed by atoms with Crippen molar-refractivity contribution in [2.24, 2.45) is 0 Å². The standard InChI is InChI=1S/C10H10N2O/c1-5-3-7-8(4-6(5)2)10(13)12-9(7)11/h3-4H,1-2H3,(H2,11,12,13). The summed E-state index contributed by atoms with van der Waals surface area (Å²) in [5.74, 6) is 0.0474. The van der Waals surface area contributed by atoms with Gasteiger partial charge in [0.15, 0.2) is 0 Å². The van der Waals surface area contributed by atoms with E-state index in [9.17, 15) is 4.79 Å². The summed E-state index contributed by atoms with van der Waals surface area (Å²) in [6.45, 7) is 3.94. The highest BCUT2D eigenvalue weighted by atomic mass is 16.2. The van der Waals surface area contributed by atoms with Gasteiger partial charge in [-0.15, -0.1) is 0 Å². The van der Waals surface area contributed by atoms with Gasteiger partial charge in [0.05, 0.1) is 5.56 Å². The van der Waals surface area contributed by atoms with E-state index in [0.717, 1.165) is 11.1 Å². The number of hydrogen-bond donors (Lipinski definition) is 2. The van der Waals surface area contributed by atoms with Gasteiger partial charge in [-0.3, -0.25) is 10.2 Å². The fourth-order valence-corrected chi connectivity index (χ4v) is 1.46. The summed E-state index contributed by atoms with van der Waals surface area (Å²) in [6, 6.07) is 3.71. The summed E-state index contributed by atoms with van der Waals surface area (Å²) in [4.78, 5) is 11.3. The van der Waals surface area contributed by atoms with Gasteiger partial charge in [-0.25, -0.2) is 0 Å². The van der Waals surface area contributed by atoms with Gasteiger partial charge >= 0.3 is 0 Å². The van der Waals surface area contributed by atoms with Crippen LogP contribution in [0.25, 0.3) is 0 Å². The molecule has 0 fully saturated rings. The summed E-state index contributed by atoms with van der Waals surface area (Å²) in [5, 5.41) is 9.98. The van der Waals surface area contributed by atoms with Gasteiger partial charge in [0.25, 0.3) is 5.91 Å². The lowest BCUT2D eigenvalue weighted by Crippen LogP contribution is -2.19. The van der Waals surface area contributed by atoms with Crippen molar-refractivity contribution in [1.82, 2.24) is 5.32 Å². The zero-order chi connectivity index (χ0) is 9.59. The van der Waals surface area contributed by atoms with Crippen LogP contribution in [-0.4, -0.2) is 11.7 Å². The number of nitrogens with one attached hydrogen (secondary N) is 2. The summed E-state index contributed by atoms with van der Waals surface area (Å²) in [6.07, 6.45) is 0. The Morgan fingerprint density at radius 1 is 1.15 bits per heavy atom. The molecule has 1 aromatic carbocycles. The first kappa shape index (κ1) is 7.98. The highest BCUT2D eigenvalue weighted by Gasteiger charge is 2.23. The van der Waals surface area contributed by atoms with Crippen LogP contribution in [0.1, 0.15) is 27.0 Å². The van der Waals surface area contributed by atoms with Crippen LogP contribution in [-0.2, 0) is 0 Å². The molecular formula is C10H10N2O. The molecule has 1 amide bonds. The zero-order valence-electron chi connectivity index (χ0n) is 7.56. The number of amides is 1. The lowest BCUT2D eigenvalue weighted by atomic mass is 10.0. The van der Waals surface area contributed by atoms with E-state index >= 15 is 0 Å². The smallest absolute Gasteiger partial charge is 0.257 e. The Balaban J connectivity index is 2.72. The van der Waals surface area contributed by atoms with Gasteiger partial charge in [-0.1, -0.05) is 0 Å². The van der Waals surface area contributed by atoms with Crippen molar-refractivity contribution in [3.05, 3.63) is 34.4 Å². The molecule has 1 aliphatic heterocycles. The van der Waals surface area contributed by atoms with Crippen molar-refractivity contribution in [3.63, 3.8) is 0 Å². The van der Waals surface area contributed by atoms with Crippen molar-refractivity contribution in [2.45, 2.75) is 13.8 Å². The van der Waals surface area contributed by atoms with Crippen molar-refractivity contribution in [2.75, 3.05) is 0 Å². The SMILES string of the molecule is Cc1cc2c(cc1C)C(=O)NC2=N. The number of fused-ring (bicyclic) bond motifs is 1. The highest BCUT2D eigenvalue weighted by Crippen LogP contribution is 2.19. The highest BCUT2D eigenvalue weighted by molar-refractivity contribution is 6.22. The molecule has 2 N–H and O–H groups in total. The first-order valence-electron chi connectivity index (χ1n) is 4.11. The van der Waals surface area contributed by atoms with Gasteiger partial charge in [-0.2, -0.15) is 0 Å². The van der Waals surface area contributed by atoms with Crippen molar-refractivity contribution in [3.8, 4) is 0 Å². The molecule has 1 aromatic rings. The maximum atomic E-state index is 11.3. The average molecular weight is 174 g/mol. The molecule has 0 radical (unpaired) electrons. The fraction of sp³-hybridized carbons (Fsp3) is 0.200. The van der Waals surface area contributed by atoms with Crippen LogP contribution in [0.2, 0.25) is 0 Å². The van der Waals surface area contributed by atoms with Gasteiger partial charge in [0, 0.05) is 5.56 Å². The van der Waals surface area contributed by atoms with Crippen molar-refractivity contribution in [1.29, 1.82) is 5.41 Å². The lowest BCUT2D eigenvalue weighted by molar-refractivity contribution is 0.0983. The molecule has 66 valence electrons. The first-order chi connectivity index (χ1) is 6.09. The molecule has 0 spiro atoms. The Hall–Kier alpha value is -1.64. The normalized spacial score (nSPS) is 14.3. The Bertz CT molecular complexity index is 382. The Labute approximate surface area is 76.3 Å². The van der Waals surface area contributed by atoms with Gasteiger partial charge < -0.3 is 5.32 Å². The van der Waals surface area contributed by atoms with Gasteiger partial charge in [-0.05, 0) is 37.1 Å². The van der Waals surface area contributed by atoms with Crippen LogP contribution in [0.5, 0.6) is 0 Å². The number of carbonyl (C=O) groups is 1. The quantitative estimate of drug-likeness (QED) is 0.613. The zero-order valence-corrected chi connectivity index (χ0v) is 7.56. The average Bonchev–Trinajstić information content (AvgIpc) is 2.31. The minimum Gasteiger partial charge on any atom is -0.306 e. The summed E-state index contributed by atoms with van der Waals surface area (Å²) in [5.41, 5.74) is 3.53. The molecule has 0 aromatic heterocycles. The number of aryl methyl sites for hydroxylation is 2. The van der Waals surface area contributed by atoms with Crippen LogP contribution in [0.3, 0.4) is 0 Å². The molecular weight excluding hydrogens is 164 g/mol. The van der Waals surface area contributed by atoms with E-state index in [2.05, 4.69) is 5.32 Å². The maximum Gasteiger partial charge on any atom is 0.257 e. The minimum absolute atomic E-state index is 0.164. The van der Waals surface area contributed by atoms with Crippen molar-refractivity contribution < 1.29 is 4.79 Å². The number of benzene rings is 1. The molecule has 0 saturated carbocycles.